The molecule has 0 spiro atoms. The van der Waals surface area contributed by atoms with Crippen molar-refractivity contribution >= 4 is 29.0 Å². The van der Waals surface area contributed by atoms with Crippen LogP contribution in [0.1, 0.15) is 15.9 Å². The van der Waals surface area contributed by atoms with Gasteiger partial charge in [-0.3, -0.25) is 4.79 Å². The summed E-state index contributed by atoms with van der Waals surface area (Å²) in [5.41, 5.74) is -0.273. The van der Waals surface area contributed by atoms with E-state index in [0.29, 0.717) is 24.5 Å². The molecule has 27 heavy (non-hydrogen) atoms. The Labute approximate surface area is 159 Å². The molecule has 0 aliphatic carbocycles. The fraction of sp³-hybridized carbons (Fsp3) is 0.333. The Morgan fingerprint density at radius 3 is 2.44 bits per heavy atom. The second kappa shape index (κ2) is 7.74. The lowest BCUT2D eigenvalue weighted by Gasteiger charge is -2.32. The summed E-state index contributed by atoms with van der Waals surface area (Å²) in [7, 11) is 2.00. The zero-order valence-corrected chi connectivity index (χ0v) is 15.3. The Bertz CT molecular complexity index is 818. The highest BCUT2D eigenvalue weighted by molar-refractivity contribution is 6.31. The van der Waals surface area contributed by atoms with Gasteiger partial charge in [0.05, 0.1) is 16.1 Å². The summed E-state index contributed by atoms with van der Waals surface area (Å²) < 4.78 is 38.8. The van der Waals surface area contributed by atoms with E-state index in [0.717, 1.165) is 19.2 Å². The van der Waals surface area contributed by atoms with Gasteiger partial charge in [0.15, 0.2) is 0 Å². The predicted molar refractivity (Wildman–Crippen MR) is 97.4 cm³/mol. The number of anilines is 2. The number of halogens is 4. The number of amides is 1. The molecule has 2 aromatic rings. The normalized spacial score (nSPS) is 15.7. The van der Waals surface area contributed by atoms with Crippen LogP contribution >= 0.6 is 11.6 Å². The highest BCUT2D eigenvalue weighted by Crippen LogP contribution is 2.36. The van der Waals surface area contributed by atoms with Gasteiger partial charge in [-0.05, 0) is 37.4 Å². The summed E-state index contributed by atoms with van der Waals surface area (Å²) in [4.78, 5) is 20.5. The van der Waals surface area contributed by atoms with Crippen molar-refractivity contribution in [2.75, 3.05) is 38.5 Å². The summed E-state index contributed by atoms with van der Waals surface area (Å²) in [6, 6.07) is 6.70. The van der Waals surface area contributed by atoms with Gasteiger partial charge in [-0.1, -0.05) is 11.6 Å². The molecular formula is C18H18ClF3N4O. The Balaban J connectivity index is 1.70. The van der Waals surface area contributed by atoms with Gasteiger partial charge in [0, 0.05) is 38.1 Å². The molecule has 5 nitrogen and oxygen atoms in total. The quantitative estimate of drug-likeness (QED) is 0.852. The molecule has 0 radical (unpaired) electrons. The number of rotatable bonds is 3. The van der Waals surface area contributed by atoms with Crippen LogP contribution in [0.5, 0.6) is 0 Å². The highest BCUT2D eigenvalue weighted by atomic mass is 35.5. The average Bonchev–Trinajstić information content (AvgIpc) is 2.63. The van der Waals surface area contributed by atoms with E-state index in [1.54, 1.807) is 17.0 Å². The number of pyridine rings is 1. The van der Waals surface area contributed by atoms with Gasteiger partial charge < -0.3 is 15.1 Å². The largest absolute Gasteiger partial charge is 0.417 e. The summed E-state index contributed by atoms with van der Waals surface area (Å²) in [6.45, 7) is 2.94. The minimum Gasteiger partial charge on any atom is -0.340 e. The van der Waals surface area contributed by atoms with E-state index in [1.807, 2.05) is 7.05 Å². The Hall–Kier alpha value is -2.32. The number of nitrogens with zero attached hydrogens (tertiary/aromatic N) is 3. The van der Waals surface area contributed by atoms with E-state index in [-0.39, 0.29) is 16.6 Å². The lowest BCUT2D eigenvalue weighted by atomic mass is 10.2. The fourth-order valence-corrected chi connectivity index (χ4v) is 2.98. The number of carbonyl (C=O) groups is 1. The molecule has 144 valence electrons. The number of hydrogen-bond donors (Lipinski definition) is 1. The van der Waals surface area contributed by atoms with E-state index >= 15 is 0 Å². The van der Waals surface area contributed by atoms with Crippen LogP contribution in [0, 0.1) is 0 Å². The maximum absolute atomic E-state index is 12.9. The highest BCUT2D eigenvalue weighted by Gasteiger charge is 2.33. The van der Waals surface area contributed by atoms with E-state index in [9.17, 15) is 18.0 Å². The number of hydrogen-bond acceptors (Lipinski definition) is 4. The molecule has 0 unspecified atom stereocenters. The predicted octanol–water partition coefficient (Wildman–Crippen LogP) is 3.89. The first-order valence-corrected chi connectivity index (χ1v) is 8.69. The van der Waals surface area contributed by atoms with Crippen molar-refractivity contribution in [3.63, 3.8) is 0 Å². The molecule has 1 aromatic heterocycles. The maximum atomic E-state index is 12.9. The molecule has 0 atom stereocenters. The molecule has 1 aromatic carbocycles. The lowest BCUT2D eigenvalue weighted by molar-refractivity contribution is -0.137. The number of piperazine rings is 1. The maximum Gasteiger partial charge on any atom is 0.417 e. The Morgan fingerprint density at radius 2 is 1.85 bits per heavy atom. The minimum absolute atomic E-state index is 0.104. The summed E-state index contributed by atoms with van der Waals surface area (Å²) in [6.07, 6.45) is -3.12. The topological polar surface area (TPSA) is 48.5 Å². The van der Waals surface area contributed by atoms with Crippen molar-refractivity contribution in [3.05, 3.63) is 52.7 Å². The second-order valence-corrected chi connectivity index (χ2v) is 6.75. The number of benzene rings is 1. The lowest BCUT2D eigenvalue weighted by Crippen LogP contribution is -2.47. The third-order valence-electron chi connectivity index (χ3n) is 4.35. The molecule has 1 aliphatic heterocycles. The Morgan fingerprint density at radius 1 is 1.15 bits per heavy atom. The average molecular weight is 399 g/mol. The molecule has 0 bridgehead atoms. The first kappa shape index (κ1) is 19.4. The molecule has 1 aliphatic rings. The standard InChI is InChI=1S/C18H18ClF3N4O/c1-25-6-8-26(9-7-25)17(27)12-2-5-16(23-11-12)24-13-3-4-15(19)14(10-13)18(20,21)22/h2-5,10-11H,6-9H2,1H3,(H,23,24). The number of likely N-dealkylation sites (N-methyl/N-ethyl adjacent to an activating group) is 1. The number of aromatic nitrogens is 1. The van der Waals surface area contributed by atoms with Crippen LogP contribution in [-0.4, -0.2) is 53.9 Å². The van der Waals surface area contributed by atoms with Crippen LogP contribution in [0.4, 0.5) is 24.7 Å². The number of nitrogens with one attached hydrogen (secondary N) is 1. The molecule has 2 heterocycles. The minimum atomic E-state index is -4.54. The van der Waals surface area contributed by atoms with E-state index in [4.69, 9.17) is 11.6 Å². The van der Waals surface area contributed by atoms with Gasteiger partial charge in [0.2, 0.25) is 0 Å². The van der Waals surface area contributed by atoms with Crippen molar-refractivity contribution < 1.29 is 18.0 Å². The molecule has 1 N–H and O–H groups in total. The van der Waals surface area contributed by atoms with Gasteiger partial charge in [-0.25, -0.2) is 4.98 Å². The summed E-state index contributed by atoms with van der Waals surface area (Å²) in [5, 5.41) is 2.43. The SMILES string of the molecule is CN1CCN(C(=O)c2ccc(Nc3ccc(Cl)c(C(F)(F)F)c3)nc2)CC1. The van der Waals surface area contributed by atoms with E-state index in [2.05, 4.69) is 15.2 Å². The first-order chi connectivity index (χ1) is 12.7. The van der Waals surface area contributed by atoms with Crippen LogP contribution in [0.25, 0.3) is 0 Å². The number of alkyl halides is 3. The molecule has 1 saturated heterocycles. The third-order valence-corrected chi connectivity index (χ3v) is 4.67. The molecular weight excluding hydrogens is 381 g/mol. The van der Waals surface area contributed by atoms with E-state index in [1.165, 1.54) is 18.3 Å². The smallest absolute Gasteiger partial charge is 0.340 e. The zero-order chi connectivity index (χ0) is 19.6. The van der Waals surface area contributed by atoms with E-state index < -0.39 is 11.7 Å². The van der Waals surface area contributed by atoms with Crippen LogP contribution < -0.4 is 5.32 Å². The Kier molecular flexibility index (Phi) is 5.57. The van der Waals surface area contributed by atoms with Gasteiger partial charge in [-0.2, -0.15) is 13.2 Å². The monoisotopic (exact) mass is 398 g/mol. The van der Waals surface area contributed by atoms with Gasteiger partial charge in [-0.15, -0.1) is 0 Å². The van der Waals surface area contributed by atoms with Crippen molar-refractivity contribution in [2.24, 2.45) is 0 Å². The molecule has 1 fully saturated rings. The van der Waals surface area contributed by atoms with Crippen molar-refractivity contribution in [3.8, 4) is 0 Å². The summed E-state index contributed by atoms with van der Waals surface area (Å²) >= 11 is 5.61. The first-order valence-electron chi connectivity index (χ1n) is 8.31. The molecule has 9 heteroatoms. The summed E-state index contributed by atoms with van der Waals surface area (Å²) in [5.74, 6) is 0.230. The van der Waals surface area contributed by atoms with Crippen molar-refractivity contribution in [1.82, 2.24) is 14.8 Å². The zero-order valence-electron chi connectivity index (χ0n) is 14.6. The van der Waals surface area contributed by atoms with Crippen LogP contribution in [0.2, 0.25) is 5.02 Å². The van der Waals surface area contributed by atoms with Crippen LogP contribution in [0.3, 0.4) is 0 Å². The van der Waals surface area contributed by atoms with Crippen molar-refractivity contribution in [1.29, 1.82) is 0 Å². The molecule has 0 saturated carbocycles. The van der Waals surface area contributed by atoms with Crippen LogP contribution in [-0.2, 0) is 6.18 Å². The van der Waals surface area contributed by atoms with Gasteiger partial charge >= 0.3 is 6.18 Å². The van der Waals surface area contributed by atoms with Gasteiger partial charge in [0.1, 0.15) is 5.82 Å². The van der Waals surface area contributed by atoms with Gasteiger partial charge in [0.25, 0.3) is 5.91 Å². The third kappa shape index (κ3) is 4.70. The van der Waals surface area contributed by atoms with Crippen molar-refractivity contribution in [2.45, 2.75) is 6.18 Å². The molecule has 1 amide bonds. The van der Waals surface area contributed by atoms with Crippen LogP contribution in [0.15, 0.2) is 36.5 Å². The second-order valence-electron chi connectivity index (χ2n) is 6.34. The number of carbonyl (C=O) groups excluding carboxylic acids is 1. The molecule has 3 rings (SSSR count). The fourth-order valence-electron chi connectivity index (χ4n) is 2.75.